The summed E-state index contributed by atoms with van der Waals surface area (Å²) in [6, 6.07) is 4.49. The Morgan fingerprint density at radius 2 is 2.15 bits per heavy atom. The van der Waals surface area contributed by atoms with E-state index < -0.39 is 5.97 Å². The maximum Gasteiger partial charge on any atom is 0.337 e. The number of ether oxygens (including phenoxy) is 1. The van der Waals surface area contributed by atoms with E-state index in [-0.39, 0.29) is 23.5 Å². The van der Waals surface area contributed by atoms with Crippen LogP contribution in [0.5, 0.6) is 0 Å². The highest BCUT2D eigenvalue weighted by Gasteiger charge is 2.34. The van der Waals surface area contributed by atoms with Crippen molar-refractivity contribution in [3.8, 4) is 0 Å². The monoisotopic (exact) mass is 278 g/mol. The van der Waals surface area contributed by atoms with Crippen LogP contribution in [0, 0.1) is 5.92 Å². The molecule has 6 heteroatoms. The lowest BCUT2D eigenvalue weighted by molar-refractivity contribution is -0.123. The summed E-state index contributed by atoms with van der Waals surface area (Å²) in [5, 5.41) is 9.22. The Labute approximate surface area is 117 Å². The second kappa shape index (κ2) is 5.50. The molecule has 1 aromatic rings. The zero-order valence-electron chi connectivity index (χ0n) is 11.5. The van der Waals surface area contributed by atoms with Crippen molar-refractivity contribution in [2.24, 2.45) is 5.92 Å². The molecule has 20 heavy (non-hydrogen) atoms. The number of aromatic carboxylic acids is 1. The van der Waals surface area contributed by atoms with Crippen LogP contribution in [0.25, 0.3) is 0 Å². The second-order valence-electron chi connectivity index (χ2n) is 4.95. The molecule has 1 aromatic carbocycles. The van der Waals surface area contributed by atoms with Crippen LogP contribution in [0.3, 0.4) is 0 Å². The van der Waals surface area contributed by atoms with Gasteiger partial charge >= 0.3 is 5.97 Å². The molecule has 108 valence electrons. The van der Waals surface area contributed by atoms with Gasteiger partial charge in [0.25, 0.3) is 0 Å². The number of nitrogen functional groups attached to an aromatic ring is 1. The van der Waals surface area contributed by atoms with Gasteiger partial charge in [0.2, 0.25) is 5.91 Å². The average Bonchev–Trinajstić information content (AvgIpc) is 2.83. The van der Waals surface area contributed by atoms with Crippen LogP contribution in [0.2, 0.25) is 0 Å². The number of hydrogen-bond acceptors (Lipinski definition) is 4. The number of carboxylic acids is 1. The summed E-state index contributed by atoms with van der Waals surface area (Å²) in [5.41, 5.74) is 6.31. The summed E-state index contributed by atoms with van der Waals surface area (Å²) < 4.78 is 5.39. The first kappa shape index (κ1) is 14.3. The van der Waals surface area contributed by atoms with Gasteiger partial charge in [-0.3, -0.25) is 4.79 Å². The van der Waals surface area contributed by atoms with Crippen LogP contribution in [-0.4, -0.2) is 36.7 Å². The summed E-state index contributed by atoms with van der Waals surface area (Å²) in [5.74, 6) is -1.48. The maximum atomic E-state index is 12.4. The van der Waals surface area contributed by atoms with Gasteiger partial charge in [-0.2, -0.15) is 0 Å². The first-order valence-electron chi connectivity index (χ1n) is 6.43. The number of carbonyl (C=O) groups excluding carboxylic acids is 1. The quantitative estimate of drug-likeness (QED) is 0.814. The number of anilines is 2. The lowest BCUT2D eigenvalue weighted by Crippen LogP contribution is -2.36. The van der Waals surface area contributed by atoms with E-state index >= 15 is 0 Å². The summed E-state index contributed by atoms with van der Waals surface area (Å²) in [4.78, 5) is 25.1. The van der Waals surface area contributed by atoms with Crippen molar-refractivity contribution >= 4 is 23.3 Å². The summed E-state index contributed by atoms with van der Waals surface area (Å²) in [6.07, 6.45) is 0.508. The van der Waals surface area contributed by atoms with Crippen LogP contribution < -0.4 is 10.6 Å². The number of rotatable bonds is 3. The van der Waals surface area contributed by atoms with Crippen LogP contribution in [0.1, 0.15) is 23.7 Å². The van der Waals surface area contributed by atoms with E-state index in [4.69, 9.17) is 10.5 Å². The zero-order chi connectivity index (χ0) is 14.9. The fourth-order valence-electron chi connectivity index (χ4n) is 2.44. The molecule has 0 aromatic heterocycles. The van der Waals surface area contributed by atoms with Gasteiger partial charge in [-0.05, 0) is 31.5 Å². The summed E-state index contributed by atoms with van der Waals surface area (Å²) in [6.45, 7) is 2.41. The standard InChI is InChI=1S/C14H18N2O4/c1-8-10(5-6-20-8)13(17)16(2)12-4-3-9(15)7-11(12)14(18)19/h3-4,7-8,10H,5-6,15H2,1-2H3,(H,18,19). The zero-order valence-corrected chi connectivity index (χ0v) is 11.5. The molecular weight excluding hydrogens is 260 g/mol. The average molecular weight is 278 g/mol. The fraction of sp³-hybridized carbons (Fsp3) is 0.429. The van der Waals surface area contributed by atoms with E-state index in [0.717, 1.165) is 0 Å². The van der Waals surface area contributed by atoms with E-state index in [0.29, 0.717) is 24.4 Å². The molecule has 1 aliphatic heterocycles. The number of amides is 1. The number of carbonyl (C=O) groups is 2. The van der Waals surface area contributed by atoms with Gasteiger partial charge in [-0.25, -0.2) is 4.79 Å². The van der Waals surface area contributed by atoms with Gasteiger partial charge in [0.15, 0.2) is 0 Å². The van der Waals surface area contributed by atoms with Gasteiger partial charge in [0.05, 0.1) is 23.3 Å². The van der Waals surface area contributed by atoms with Crippen molar-refractivity contribution in [2.45, 2.75) is 19.4 Å². The van der Waals surface area contributed by atoms with E-state index in [2.05, 4.69) is 0 Å². The molecule has 1 amide bonds. The third-order valence-electron chi connectivity index (χ3n) is 3.64. The molecule has 1 fully saturated rings. The molecule has 6 nitrogen and oxygen atoms in total. The molecule has 2 atom stereocenters. The van der Waals surface area contributed by atoms with Gasteiger partial charge in [-0.15, -0.1) is 0 Å². The first-order valence-corrected chi connectivity index (χ1v) is 6.43. The molecule has 2 rings (SSSR count). The molecule has 0 bridgehead atoms. The molecule has 0 spiro atoms. The molecular formula is C14H18N2O4. The Balaban J connectivity index is 2.31. The van der Waals surface area contributed by atoms with Crippen LogP contribution >= 0.6 is 0 Å². The Morgan fingerprint density at radius 3 is 2.70 bits per heavy atom. The minimum atomic E-state index is -1.11. The first-order chi connectivity index (χ1) is 9.41. The van der Waals surface area contributed by atoms with Gasteiger partial charge in [0.1, 0.15) is 0 Å². The highest BCUT2D eigenvalue weighted by molar-refractivity contribution is 6.03. The fourth-order valence-corrected chi connectivity index (χ4v) is 2.44. The highest BCUT2D eigenvalue weighted by Crippen LogP contribution is 2.28. The van der Waals surface area contributed by atoms with Gasteiger partial charge in [0, 0.05) is 19.3 Å². The Bertz CT molecular complexity index is 544. The molecule has 1 aliphatic rings. The third-order valence-corrected chi connectivity index (χ3v) is 3.64. The molecule has 1 saturated heterocycles. The maximum absolute atomic E-state index is 12.4. The third kappa shape index (κ3) is 2.60. The van der Waals surface area contributed by atoms with Crippen molar-refractivity contribution < 1.29 is 19.4 Å². The molecule has 3 N–H and O–H groups in total. The number of nitrogens with two attached hydrogens (primary N) is 1. The lowest BCUT2D eigenvalue weighted by atomic mass is 10.0. The van der Waals surface area contributed by atoms with Crippen LogP contribution in [0.4, 0.5) is 11.4 Å². The van der Waals surface area contributed by atoms with E-state index in [9.17, 15) is 14.7 Å². The van der Waals surface area contributed by atoms with Crippen LogP contribution in [-0.2, 0) is 9.53 Å². The largest absolute Gasteiger partial charge is 0.478 e. The summed E-state index contributed by atoms with van der Waals surface area (Å²) >= 11 is 0. The lowest BCUT2D eigenvalue weighted by Gasteiger charge is -2.24. The smallest absolute Gasteiger partial charge is 0.337 e. The van der Waals surface area contributed by atoms with Crippen LogP contribution in [0.15, 0.2) is 18.2 Å². The molecule has 1 heterocycles. The number of carboxylic acid groups (broad SMARTS) is 1. The number of benzene rings is 1. The SMILES string of the molecule is CC1OCCC1C(=O)N(C)c1ccc(N)cc1C(=O)O. The summed E-state index contributed by atoms with van der Waals surface area (Å²) in [7, 11) is 1.57. The molecule has 2 unspecified atom stereocenters. The highest BCUT2D eigenvalue weighted by atomic mass is 16.5. The predicted octanol–water partition coefficient (Wildman–Crippen LogP) is 1.35. The predicted molar refractivity (Wildman–Crippen MR) is 74.7 cm³/mol. The number of nitrogens with zero attached hydrogens (tertiary/aromatic N) is 1. The second-order valence-corrected chi connectivity index (χ2v) is 4.95. The minimum Gasteiger partial charge on any atom is -0.478 e. The minimum absolute atomic E-state index is 0.0208. The topological polar surface area (TPSA) is 92.9 Å². The van der Waals surface area contributed by atoms with Crippen molar-refractivity contribution in [1.82, 2.24) is 0 Å². The Hall–Kier alpha value is -2.08. The number of hydrogen-bond donors (Lipinski definition) is 2. The molecule has 0 radical (unpaired) electrons. The van der Waals surface area contributed by atoms with Gasteiger partial charge in [-0.1, -0.05) is 0 Å². The van der Waals surface area contributed by atoms with Crippen molar-refractivity contribution in [3.05, 3.63) is 23.8 Å². The molecule has 0 aliphatic carbocycles. The Morgan fingerprint density at radius 1 is 1.45 bits per heavy atom. The van der Waals surface area contributed by atoms with Gasteiger partial charge < -0.3 is 20.5 Å². The normalized spacial score (nSPS) is 21.7. The van der Waals surface area contributed by atoms with Crippen molar-refractivity contribution in [2.75, 3.05) is 24.3 Å². The van der Waals surface area contributed by atoms with Crippen molar-refractivity contribution in [1.29, 1.82) is 0 Å². The van der Waals surface area contributed by atoms with E-state index in [1.54, 1.807) is 19.2 Å². The van der Waals surface area contributed by atoms with E-state index in [1.807, 2.05) is 6.92 Å². The Kier molecular flexibility index (Phi) is 3.94. The molecule has 0 saturated carbocycles. The van der Waals surface area contributed by atoms with Crippen molar-refractivity contribution in [3.63, 3.8) is 0 Å². The van der Waals surface area contributed by atoms with E-state index in [1.165, 1.54) is 11.0 Å².